The lowest BCUT2D eigenvalue weighted by Gasteiger charge is -2.34. The predicted octanol–water partition coefficient (Wildman–Crippen LogP) is 3.31. The Hall–Kier alpha value is -1.97. The van der Waals surface area contributed by atoms with Gasteiger partial charge in [-0.15, -0.1) is 5.10 Å². The Morgan fingerprint density at radius 1 is 1.26 bits per heavy atom. The van der Waals surface area contributed by atoms with Crippen LogP contribution in [0.5, 0.6) is 0 Å². The summed E-state index contributed by atoms with van der Waals surface area (Å²) in [4.78, 5) is 2.09. The first-order chi connectivity index (χ1) is 11.1. The van der Waals surface area contributed by atoms with E-state index in [9.17, 15) is 5.26 Å². The van der Waals surface area contributed by atoms with Crippen LogP contribution in [0.4, 0.5) is 5.82 Å². The van der Waals surface area contributed by atoms with Crippen molar-refractivity contribution in [2.45, 2.75) is 20.0 Å². The van der Waals surface area contributed by atoms with Crippen LogP contribution in [0.3, 0.4) is 0 Å². The molecule has 0 spiro atoms. The number of nitrogens with zero attached hydrogens (tertiary/aromatic N) is 4. The molecule has 1 aliphatic rings. The summed E-state index contributed by atoms with van der Waals surface area (Å²) in [7, 11) is 0. The van der Waals surface area contributed by atoms with Gasteiger partial charge in [0.2, 0.25) is 0 Å². The average molecular weight is 373 g/mol. The number of hydrogen-bond donors (Lipinski definition) is 0. The zero-order valence-electron chi connectivity index (χ0n) is 13.1. The van der Waals surface area contributed by atoms with Crippen molar-refractivity contribution in [3.8, 4) is 6.07 Å². The molecule has 0 saturated carbocycles. The molecule has 5 nitrogen and oxygen atoms in total. The SMILES string of the molecule is Cc1nnc(N2CCO[C@H](c3ccc(Br)cc3)C2)c(C#N)c1C. The number of benzene rings is 1. The monoisotopic (exact) mass is 372 g/mol. The minimum atomic E-state index is -0.0354. The maximum absolute atomic E-state index is 9.49. The molecule has 0 aliphatic carbocycles. The number of nitriles is 1. The van der Waals surface area contributed by atoms with Crippen molar-refractivity contribution in [2.75, 3.05) is 24.6 Å². The van der Waals surface area contributed by atoms with Crippen LogP contribution in [0.15, 0.2) is 28.7 Å². The van der Waals surface area contributed by atoms with E-state index in [4.69, 9.17) is 4.74 Å². The van der Waals surface area contributed by atoms with Crippen molar-refractivity contribution >= 4 is 21.7 Å². The smallest absolute Gasteiger partial charge is 0.169 e. The maximum Gasteiger partial charge on any atom is 0.169 e. The zero-order chi connectivity index (χ0) is 16.4. The summed E-state index contributed by atoms with van der Waals surface area (Å²) in [6.07, 6.45) is -0.0354. The molecule has 2 heterocycles. The van der Waals surface area contributed by atoms with Crippen LogP contribution in [0.1, 0.15) is 28.5 Å². The second kappa shape index (κ2) is 6.65. The normalized spacial score (nSPS) is 17.8. The number of ether oxygens (including phenoxy) is 1. The number of rotatable bonds is 2. The minimum Gasteiger partial charge on any atom is -0.370 e. The molecule has 0 unspecified atom stereocenters. The molecule has 1 fully saturated rings. The molecule has 1 aromatic carbocycles. The molecule has 0 bridgehead atoms. The minimum absolute atomic E-state index is 0.0354. The molecule has 0 amide bonds. The van der Waals surface area contributed by atoms with Gasteiger partial charge in [-0.05, 0) is 37.1 Å². The van der Waals surface area contributed by atoms with E-state index >= 15 is 0 Å². The summed E-state index contributed by atoms with van der Waals surface area (Å²) in [5.74, 6) is 0.654. The molecule has 3 rings (SSSR count). The maximum atomic E-state index is 9.49. The summed E-state index contributed by atoms with van der Waals surface area (Å²) < 4.78 is 6.94. The fraction of sp³-hybridized carbons (Fsp3) is 0.353. The van der Waals surface area contributed by atoms with Crippen LogP contribution in [0.25, 0.3) is 0 Å². The lowest BCUT2D eigenvalue weighted by molar-refractivity contribution is 0.0394. The Labute approximate surface area is 144 Å². The molecule has 2 aromatic rings. The van der Waals surface area contributed by atoms with E-state index in [1.807, 2.05) is 26.0 Å². The number of aromatic nitrogens is 2. The van der Waals surface area contributed by atoms with Crippen LogP contribution >= 0.6 is 15.9 Å². The van der Waals surface area contributed by atoms with E-state index in [2.05, 4.69) is 49.2 Å². The van der Waals surface area contributed by atoms with Crippen molar-refractivity contribution in [1.29, 1.82) is 5.26 Å². The van der Waals surface area contributed by atoms with E-state index in [-0.39, 0.29) is 6.10 Å². The third-order valence-electron chi connectivity index (χ3n) is 4.16. The molecule has 1 aliphatic heterocycles. The van der Waals surface area contributed by atoms with Gasteiger partial charge >= 0.3 is 0 Å². The molecule has 1 saturated heterocycles. The van der Waals surface area contributed by atoms with Gasteiger partial charge in [0.05, 0.1) is 12.3 Å². The number of aryl methyl sites for hydroxylation is 1. The van der Waals surface area contributed by atoms with Gasteiger partial charge in [0.15, 0.2) is 5.82 Å². The third-order valence-corrected chi connectivity index (χ3v) is 4.68. The van der Waals surface area contributed by atoms with Gasteiger partial charge in [-0.1, -0.05) is 28.1 Å². The van der Waals surface area contributed by atoms with Crippen molar-refractivity contribution in [2.24, 2.45) is 0 Å². The second-order valence-electron chi connectivity index (χ2n) is 5.58. The van der Waals surface area contributed by atoms with Gasteiger partial charge in [0.1, 0.15) is 17.7 Å². The predicted molar refractivity (Wildman–Crippen MR) is 91.3 cm³/mol. The van der Waals surface area contributed by atoms with Gasteiger partial charge in [0, 0.05) is 17.6 Å². The summed E-state index contributed by atoms with van der Waals surface area (Å²) in [5.41, 5.74) is 3.41. The van der Waals surface area contributed by atoms with Crippen LogP contribution in [-0.2, 0) is 4.74 Å². The van der Waals surface area contributed by atoms with Crippen LogP contribution in [-0.4, -0.2) is 29.9 Å². The van der Waals surface area contributed by atoms with Gasteiger partial charge in [-0.3, -0.25) is 0 Å². The zero-order valence-corrected chi connectivity index (χ0v) is 14.7. The van der Waals surface area contributed by atoms with Gasteiger partial charge in [-0.25, -0.2) is 0 Å². The number of halogens is 1. The quantitative estimate of drug-likeness (QED) is 0.808. The van der Waals surface area contributed by atoms with Gasteiger partial charge in [0.25, 0.3) is 0 Å². The first-order valence-electron chi connectivity index (χ1n) is 7.46. The highest BCUT2D eigenvalue weighted by atomic mass is 79.9. The standard InChI is InChI=1S/C17H17BrN4O/c1-11-12(2)20-21-17(15(11)9-19)22-7-8-23-16(10-22)13-3-5-14(18)6-4-13/h3-6,16H,7-8,10H2,1-2H3/t16-/m0/s1. The van der Waals surface area contributed by atoms with E-state index < -0.39 is 0 Å². The lowest BCUT2D eigenvalue weighted by atomic mass is 10.1. The lowest BCUT2D eigenvalue weighted by Crippen LogP contribution is -2.39. The van der Waals surface area contributed by atoms with Crippen molar-refractivity contribution < 1.29 is 4.74 Å². The van der Waals surface area contributed by atoms with E-state index in [1.54, 1.807) is 0 Å². The number of hydrogen-bond acceptors (Lipinski definition) is 5. The van der Waals surface area contributed by atoms with E-state index in [0.29, 0.717) is 31.1 Å². The summed E-state index contributed by atoms with van der Waals surface area (Å²) in [5, 5.41) is 17.9. The topological polar surface area (TPSA) is 62.0 Å². The Kier molecular flexibility index (Phi) is 4.60. The molecule has 0 N–H and O–H groups in total. The summed E-state index contributed by atoms with van der Waals surface area (Å²) in [6.45, 7) is 5.75. The van der Waals surface area contributed by atoms with Crippen molar-refractivity contribution in [1.82, 2.24) is 10.2 Å². The summed E-state index contributed by atoms with van der Waals surface area (Å²) >= 11 is 3.45. The first kappa shape index (κ1) is 15.9. The highest BCUT2D eigenvalue weighted by Crippen LogP contribution is 2.28. The number of anilines is 1. The Balaban J connectivity index is 1.89. The van der Waals surface area contributed by atoms with Crippen LogP contribution < -0.4 is 4.90 Å². The highest BCUT2D eigenvalue weighted by molar-refractivity contribution is 9.10. The Morgan fingerprint density at radius 2 is 2.00 bits per heavy atom. The molecule has 118 valence electrons. The van der Waals surface area contributed by atoms with Gasteiger partial charge < -0.3 is 9.64 Å². The third kappa shape index (κ3) is 3.21. The largest absolute Gasteiger partial charge is 0.370 e. The van der Waals surface area contributed by atoms with Crippen molar-refractivity contribution in [3.05, 3.63) is 51.1 Å². The summed E-state index contributed by atoms with van der Waals surface area (Å²) in [6, 6.07) is 10.4. The average Bonchev–Trinajstić information content (AvgIpc) is 2.58. The van der Waals surface area contributed by atoms with Crippen LogP contribution in [0, 0.1) is 25.2 Å². The molecule has 6 heteroatoms. The Bertz CT molecular complexity index is 754. The molecule has 1 aromatic heterocycles. The Morgan fingerprint density at radius 3 is 2.70 bits per heavy atom. The molecule has 23 heavy (non-hydrogen) atoms. The highest BCUT2D eigenvalue weighted by Gasteiger charge is 2.26. The number of morpholine rings is 1. The molecule has 1 atom stereocenters. The van der Waals surface area contributed by atoms with E-state index in [0.717, 1.165) is 21.3 Å². The molecular weight excluding hydrogens is 356 g/mol. The first-order valence-corrected chi connectivity index (χ1v) is 8.25. The van der Waals surface area contributed by atoms with Gasteiger partial charge in [-0.2, -0.15) is 10.4 Å². The fourth-order valence-electron chi connectivity index (χ4n) is 2.67. The van der Waals surface area contributed by atoms with Crippen LogP contribution in [0.2, 0.25) is 0 Å². The van der Waals surface area contributed by atoms with Crippen molar-refractivity contribution in [3.63, 3.8) is 0 Å². The fourth-order valence-corrected chi connectivity index (χ4v) is 2.94. The molecule has 0 radical (unpaired) electrons. The van der Waals surface area contributed by atoms with E-state index in [1.165, 1.54) is 0 Å². The second-order valence-corrected chi connectivity index (χ2v) is 6.49. The molecular formula is C17H17BrN4O.